The van der Waals surface area contributed by atoms with E-state index in [1.165, 1.54) is 12.1 Å². The highest BCUT2D eigenvalue weighted by Crippen LogP contribution is 2.39. The first-order valence-electron chi connectivity index (χ1n) is 7.52. The summed E-state index contributed by atoms with van der Waals surface area (Å²) in [6, 6.07) is 4.49. The van der Waals surface area contributed by atoms with E-state index in [9.17, 15) is 9.18 Å². The third-order valence-corrected chi connectivity index (χ3v) is 4.34. The largest absolute Gasteiger partial charge is 0.339 e. The number of nitrogens with zero attached hydrogens (tertiary/aromatic N) is 3. The van der Waals surface area contributed by atoms with Crippen molar-refractivity contribution >= 4 is 11.6 Å². The number of carbonyl (C=O) groups excluding carboxylic acids is 1. The highest BCUT2D eigenvalue weighted by molar-refractivity contribution is 5.97. The maximum Gasteiger partial charge on any atom is 0.232 e. The molecule has 2 fully saturated rings. The molecule has 2 aliphatic rings. The van der Waals surface area contributed by atoms with Crippen LogP contribution in [0.4, 0.5) is 10.1 Å². The summed E-state index contributed by atoms with van der Waals surface area (Å²) in [5.41, 5.74) is 1.49. The summed E-state index contributed by atoms with van der Waals surface area (Å²) in [6.45, 7) is 2.32. The van der Waals surface area contributed by atoms with Crippen molar-refractivity contribution in [2.75, 3.05) is 11.4 Å². The predicted molar refractivity (Wildman–Crippen MR) is 77.1 cm³/mol. The molecule has 1 aromatic heterocycles. The zero-order valence-electron chi connectivity index (χ0n) is 12.3. The molecule has 114 valence electrons. The quantitative estimate of drug-likeness (QED) is 0.874. The van der Waals surface area contributed by atoms with Crippen molar-refractivity contribution in [3.63, 3.8) is 0 Å². The third kappa shape index (κ3) is 2.28. The number of carbonyl (C=O) groups is 1. The average molecular weight is 301 g/mol. The Bertz CT molecular complexity index is 739. The van der Waals surface area contributed by atoms with Crippen molar-refractivity contribution in [2.45, 2.75) is 38.0 Å². The fourth-order valence-electron chi connectivity index (χ4n) is 2.90. The van der Waals surface area contributed by atoms with Crippen LogP contribution in [0.2, 0.25) is 0 Å². The van der Waals surface area contributed by atoms with E-state index in [1.54, 1.807) is 11.0 Å². The van der Waals surface area contributed by atoms with E-state index < -0.39 is 0 Å². The van der Waals surface area contributed by atoms with Crippen LogP contribution in [0.15, 0.2) is 22.7 Å². The van der Waals surface area contributed by atoms with Gasteiger partial charge in [-0.25, -0.2) is 4.39 Å². The number of halogens is 1. The molecule has 1 aliphatic carbocycles. The molecule has 1 aliphatic heterocycles. The van der Waals surface area contributed by atoms with Gasteiger partial charge in [0.2, 0.25) is 11.8 Å². The third-order valence-electron chi connectivity index (χ3n) is 4.34. The summed E-state index contributed by atoms with van der Waals surface area (Å²) in [6.07, 6.45) is 2.54. The Kier molecular flexibility index (Phi) is 2.99. The number of hydrogen-bond acceptors (Lipinski definition) is 4. The van der Waals surface area contributed by atoms with Crippen molar-refractivity contribution in [2.24, 2.45) is 0 Å². The number of benzene rings is 1. The van der Waals surface area contributed by atoms with Gasteiger partial charge in [0, 0.05) is 24.6 Å². The maximum absolute atomic E-state index is 13.5. The molecule has 5 nitrogen and oxygen atoms in total. The highest BCUT2D eigenvalue weighted by Gasteiger charge is 2.37. The van der Waals surface area contributed by atoms with Gasteiger partial charge in [0.15, 0.2) is 5.82 Å². The Balaban J connectivity index is 1.58. The molecule has 0 N–H and O–H groups in total. The summed E-state index contributed by atoms with van der Waals surface area (Å²) in [5.74, 6) is 1.21. The molecule has 4 rings (SSSR count). The van der Waals surface area contributed by atoms with E-state index in [1.807, 2.05) is 6.92 Å². The molecule has 6 heteroatoms. The second kappa shape index (κ2) is 4.90. The molecule has 1 saturated carbocycles. The lowest BCUT2D eigenvalue weighted by Crippen LogP contribution is -2.25. The summed E-state index contributed by atoms with van der Waals surface area (Å²) >= 11 is 0. The Morgan fingerprint density at radius 3 is 2.91 bits per heavy atom. The van der Waals surface area contributed by atoms with E-state index in [-0.39, 0.29) is 17.6 Å². The Hall–Kier alpha value is -2.24. The van der Waals surface area contributed by atoms with Crippen LogP contribution in [0.5, 0.6) is 0 Å². The highest BCUT2D eigenvalue weighted by atomic mass is 19.1. The SMILES string of the molecule is Cc1ccc(F)cc1N1CC(c2nc(C3CC3)no2)CC1=O. The lowest BCUT2D eigenvalue weighted by molar-refractivity contribution is -0.117. The van der Waals surface area contributed by atoms with Gasteiger partial charge in [0.25, 0.3) is 0 Å². The van der Waals surface area contributed by atoms with Crippen molar-refractivity contribution < 1.29 is 13.7 Å². The standard InChI is InChI=1S/C16H16FN3O2/c1-9-2-5-12(17)7-13(9)20-8-11(6-14(20)21)16-18-15(19-22-16)10-3-4-10/h2,5,7,10-11H,3-4,6,8H2,1H3. The smallest absolute Gasteiger partial charge is 0.232 e. The maximum atomic E-state index is 13.5. The van der Waals surface area contributed by atoms with Crippen LogP contribution in [0, 0.1) is 12.7 Å². The van der Waals surface area contributed by atoms with E-state index in [4.69, 9.17) is 4.52 Å². The van der Waals surface area contributed by atoms with Crippen molar-refractivity contribution in [1.82, 2.24) is 10.1 Å². The molecular formula is C16H16FN3O2. The zero-order chi connectivity index (χ0) is 15.3. The van der Waals surface area contributed by atoms with Gasteiger partial charge in [-0.1, -0.05) is 11.2 Å². The van der Waals surface area contributed by atoms with Crippen LogP contribution < -0.4 is 4.90 Å². The monoisotopic (exact) mass is 301 g/mol. The zero-order valence-corrected chi connectivity index (χ0v) is 12.3. The van der Waals surface area contributed by atoms with Crippen LogP contribution in [0.1, 0.15) is 48.4 Å². The number of amides is 1. The van der Waals surface area contributed by atoms with Gasteiger partial charge in [-0.15, -0.1) is 0 Å². The summed E-state index contributed by atoms with van der Waals surface area (Å²) in [7, 11) is 0. The van der Waals surface area contributed by atoms with Gasteiger partial charge in [-0.05, 0) is 37.5 Å². The van der Waals surface area contributed by atoms with Gasteiger partial charge in [-0.2, -0.15) is 4.98 Å². The topological polar surface area (TPSA) is 59.2 Å². The van der Waals surface area contributed by atoms with Crippen LogP contribution in [-0.2, 0) is 4.79 Å². The molecule has 1 unspecified atom stereocenters. The average Bonchev–Trinajstić information content (AvgIpc) is 3.10. The minimum absolute atomic E-state index is 0.0372. The lowest BCUT2D eigenvalue weighted by atomic mass is 10.1. The molecule has 22 heavy (non-hydrogen) atoms. The van der Waals surface area contributed by atoms with Crippen LogP contribution in [0.25, 0.3) is 0 Å². The van der Waals surface area contributed by atoms with Gasteiger partial charge in [-0.3, -0.25) is 4.79 Å². The van der Waals surface area contributed by atoms with Crippen molar-refractivity contribution in [3.8, 4) is 0 Å². The second-order valence-electron chi connectivity index (χ2n) is 6.10. The summed E-state index contributed by atoms with van der Waals surface area (Å²) in [4.78, 5) is 18.3. The fourth-order valence-corrected chi connectivity index (χ4v) is 2.90. The number of rotatable bonds is 3. The predicted octanol–water partition coefficient (Wildman–Crippen LogP) is 2.92. The molecule has 2 aromatic rings. The Labute approximate surface area is 127 Å². The lowest BCUT2D eigenvalue weighted by Gasteiger charge is -2.18. The van der Waals surface area contributed by atoms with E-state index in [0.29, 0.717) is 30.5 Å². The van der Waals surface area contributed by atoms with Crippen molar-refractivity contribution in [3.05, 3.63) is 41.3 Å². The number of hydrogen-bond donors (Lipinski definition) is 0. The Morgan fingerprint density at radius 2 is 2.14 bits per heavy atom. The minimum atomic E-state index is -0.342. The number of anilines is 1. The van der Waals surface area contributed by atoms with Gasteiger partial charge < -0.3 is 9.42 Å². The normalized spacial score (nSPS) is 21.6. The Morgan fingerprint density at radius 1 is 1.32 bits per heavy atom. The molecular weight excluding hydrogens is 285 g/mol. The first-order valence-corrected chi connectivity index (χ1v) is 7.52. The van der Waals surface area contributed by atoms with E-state index >= 15 is 0 Å². The molecule has 0 bridgehead atoms. The molecule has 1 aromatic carbocycles. The molecule has 1 amide bonds. The molecule has 1 saturated heterocycles. The summed E-state index contributed by atoms with van der Waals surface area (Å²) in [5, 5.41) is 4.00. The molecule has 2 heterocycles. The van der Waals surface area contributed by atoms with Crippen LogP contribution >= 0.6 is 0 Å². The number of aryl methyl sites for hydroxylation is 1. The van der Waals surface area contributed by atoms with Gasteiger partial charge in [0.1, 0.15) is 5.82 Å². The van der Waals surface area contributed by atoms with Crippen molar-refractivity contribution in [1.29, 1.82) is 0 Å². The first-order chi connectivity index (χ1) is 10.6. The molecule has 0 spiro atoms. The van der Waals surface area contributed by atoms with Crippen LogP contribution in [-0.4, -0.2) is 22.6 Å². The molecule has 0 radical (unpaired) electrons. The van der Waals surface area contributed by atoms with Gasteiger partial charge >= 0.3 is 0 Å². The number of aromatic nitrogens is 2. The second-order valence-corrected chi connectivity index (χ2v) is 6.10. The summed E-state index contributed by atoms with van der Waals surface area (Å²) < 4.78 is 18.8. The fraction of sp³-hybridized carbons (Fsp3) is 0.438. The first kappa shape index (κ1) is 13.4. The minimum Gasteiger partial charge on any atom is -0.339 e. The van der Waals surface area contributed by atoms with E-state index in [0.717, 1.165) is 24.2 Å². The molecule has 1 atom stereocenters. The van der Waals surface area contributed by atoms with E-state index in [2.05, 4.69) is 10.1 Å². The van der Waals surface area contributed by atoms with Gasteiger partial charge in [0.05, 0.1) is 5.92 Å². The van der Waals surface area contributed by atoms with Crippen LogP contribution in [0.3, 0.4) is 0 Å².